The minimum atomic E-state index is -3.67. The van der Waals surface area contributed by atoms with Crippen molar-refractivity contribution in [1.82, 2.24) is 14.7 Å². The zero-order chi connectivity index (χ0) is 57.0. The second-order valence-electron chi connectivity index (χ2n) is 21.4. The third kappa shape index (κ3) is 21.2. The van der Waals surface area contributed by atoms with Crippen molar-refractivity contribution in [2.45, 2.75) is 239 Å². The van der Waals surface area contributed by atoms with Crippen LogP contribution in [0.5, 0.6) is 0 Å². The van der Waals surface area contributed by atoms with Crippen molar-refractivity contribution >= 4 is 97.9 Å². The molecule has 2 fully saturated rings. The number of carbonyl (C=O) groups excluding carboxylic acids is 6. The van der Waals surface area contributed by atoms with Crippen LogP contribution in [-0.4, -0.2) is 123 Å². The number of hydrogen-bond acceptors (Lipinski definition) is 6. The zero-order valence-corrected chi connectivity index (χ0v) is 55.6. The first-order valence-corrected chi connectivity index (χ1v) is 34.7. The number of amides is 6. The maximum absolute atomic E-state index is 13.3. The fourth-order valence-corrected chi connectivity index (χ4v) is 25.8. The maximum atomic E-state index is 13.3. The molecule has 5 aliphatic heterocycles. The van der Waals surface area contributed by atoms with E-state index in [-0.39, 0.29) is 57.9 Å². The molecule has 0 bridgehead atoms. The molecule has 0 aromatic rings. The van der Waals surface area contributed by atoms with Gasteiger partial charge in [-0.25, -0.2) is 12.8 Å². The molecule has 5 heterocycles. The van der Waals surface area contributed by atoms with Gasteiger partial charge in [-0.15, -0.1) is 0 Å². The number of hydrogen-bond donors (Lipinski definition) is 0. The van der Waals surface area contributed by atoms with E-state index in [0.717, 1.165) is 90.4 Å². The van der Waals surface area contributed by atoms with Crippen LogP contribution in [0.2, 0.25) is 0 Å². The molecular formula is C56H91BCl2F4N3O6P4Rh+. The fraction of sp³-hybridized carbons (Fsp3) is 0.714. The summed E-state index contributed by atoms with van der Waals surface area (Å²) in [7, 11) is -6.76. The van der Waals surface area contributed by atoms with Gasteiger partial charge < -0.3 is 16.9 Å². The molecule has 9 nitrogen and oxygen atoms in total. The van der Waals surface area contributed by atoms with E-state index in [9.17, 15) is 41.7 Å². The Bertz CT molecular complexity index is 1880. The molecule has 0 N–H and O–H groups in total. The van der Waals surface area contributed by atoms with Crippen molar-refractivity contribution in [3.8, 4) is 0 Å². The fourth-order valence-electron chi connectivity index (χ4n) is 10.7. The Morgan fingerprint density at radius 2 is 1.00 bits per heavy atom. The first kappa shape index (κ1) is 75.8. The van der Waals surface area contributed by atoms with Gasteiger partial charge in [0.25, 0.3) is 35.4 Å². The van der Waals surface area contributed by atoms with E-state index in [1.165, 1.54) is 25.7 Å². The number of carbonyl (C=O) groups is 6. The molecule has 1 aliphatic carbocycles. The molecule has 0 saturated carbocycles. The monoisotopic (exact) mass is 1290 g/mol. The molecule has 2 saturated heterocycles. The van der Waals surface area contributed by atoms with Gasteiger partial charge in [-0.3, -0.25) is 68.6 Å². The van der Waals surface area contributed by atoms with Gasteiger partial charge in [-0.2, -0.15) is 0 Å². The number of nitrogens with zero attached hydrogens (tertiary/aromatic N) is 3. The standard InChI is InChI=1S/2C20H35NO2P2.C8H9Cl2NO2.C8H10.BF3.FH.Rh/c2*1-8-9-12-21-19(22)17(24(13(2)3)14(4)5)18(20(21)23)25-15(6)10-11-16(25)7;1-2-3-4-11-7(12)5(9)6(10)8(11)13;1-2-4-6-8-7-5-3-1;2-1(3)4;;/h2*13-16H,8-12H2,1-7H3;2-4H2,1H3;1,6H,2,4-5,7H2;;1H;/q;;;-2;;;+2/p+1/t2*15-,16-;;;;;/m11...../s1. The summed E-state index contributed by atoms with van der Waals surface area (Å²) < 4.78 is 29.0. The van der Waals surface area contributed by atoms with Gasteiger partial charge in [0.2, 0.25) is 10.6 Å². The second-order valence-corrected chi connectivity index (χ2v) is 35.6. The maximum Gasteiger partial charge on any atom is 2.00 e. The van der Waals surface area contributed by atoms with Crippen LogP contribution < -0.4 is 4.70 Å². The second kappa shape index (κ2) is 37.8. The summed E-state index contributed by atoms with van der Waals surface area (Å²) in [5.41, 5.74) is 4.17. The predicted octanol–water partition coefficient (Wildman–Crippen LogP) is 12.9. The average molecular weight is 1290 g/mol. The summed E-state index contributed by atoms with van der Waals surface area (Å²) in [6, 6.07) is 0. The van der Waals surface area contributed by atoms with Crippen molar-refractivity contribution in [2.75, 3.05) is 19.6 Å². The van der Waals surface area contributed by atoms with Crippen LogP contribution in [0.25, 0.3) is 0 Å². The molecule has 1 radical (unpaired) electrons. The topological polar surface area (TPSA) is 112 Å². The minimum absolute atomic E-state index is 0. The molecule has 21 heteroatoms. The molecule has 0 aromatic heterocycles. The summed E-state index contributed by atoms with van der Waals surface area (Å²) >= 11 is 11.0. The average Bonchev–Trinajstić information content (AvgIpc) is 4.02. The van der Waals surface area contributed by atoms with Crippen molar-refractivity contribution < 1.29 is 65.9 Å². The third-order valence-corrected chi connectivity index (χ3v) is 29.2. The first-order chi connectivity index (χ1) is 35.3. The third-order valence-electron chi connectivity index (χ3n) is 14.2. The van der Waals surface area contributed by atoms with Crippen LogP contribution in [0.3, 0.4) is 0 Å². The van der Waals surface area contributed by atoms with Crippen LogP contribution in [-0.2, 0) is 48.2 Å². The van der Waals surface area contributed by atoms with Crippen LogP contribution in [0.15, 0.2) is 43.5 Å². The molecular weight excluding hydrogens is 1200 g/mol. The van der Waals surface area contributed by atoms with Crippen molar-refractivity contribution in [3.63, 3.8) is 0 Å². The normalized spacial score (nSPS) is 22.0. The van der Waals surface area contributed by atoms with Gasteiger partial charge in [0, 0.05) is 35.5 Å². The van der Waals surface area contributed by atoms with Crippen LogP contribution in [0.1, 0.15) is 194 Å². The van der Waals surface area contributed by atoms with Gasteiger partial charge >= 0.3 is 27.0 Å². The summed E-state index contributed by atoms with van der Waals surface area (Å²) in [5, 5.41) is 3.63. The molecule has 6 rings (SSSR count). The van der Waals surface area contributed by atoms with Crippen molar-refractivity contribution in [2.24, 2.45) is 0 Å². The van der Waals surface area contributed by atoms with Crippen molar-refractivity contribution in [3.05, 3.63) is 55.6 Å². The SMILES string of the molecule is CCCCN1C(=O)C(Cl)=C(Cl)C1=O.CCCCN1C(=O)C(P(C(C)C)C(C)C)=C(P2[C@H](C)CC[C@H]2C)C1=O.CCCCN1C(=O)C([PH+](C(C)C)C(C)C)=C([PH+]2[C@H](C)CC[C@H]2C)C1=O.FB(F)F.[C-]1=CCCC=[C-]CC1.[F-].[Rh+2]. The largest absolute Gasteiger partial charge is 2.00 e. The van der Waals surface area contributed by atoms with E-state index in [4.69, 9.17) is 23.2 Å². The number of unbranched alkanes of at least 4 members (excludes halogenated alkanes) is 3. The smallest absolute Gasteiger partial charge is 1.00 e. The minimum Gasteiger partial charge on any atom is -1.00 e. The number of rotatable bonds is 17. The summed E-state index contributed by atoms with van der Waals surface area (Å²) in [4.78, 5) is 80.2. The van der Waals surface area contributed by atoms with Crippen molar-refractivity contribution in [1.29, 1.82) is 0 Å². The van der Waals surface area contributed by atoms with E-state index in [0.29, 0.717) is 64.9 Å². The molecule has 4 atom stereocenters. The zero-order valence-electron chi connectivity index (χ0n) is 48.7. The molecule has 6 aliphatic rings. The molecule has 0 unspecified atom stereocenters. The quantitative estimate of drug-likeness (QED) is 0.0471. The first-order valence-electron chi connectivity index (χ1n) is 27.7. The van der Waals surface area contributed by atoms with Gasteiger partial charge in [0.1, 0.15) is 10.1 Å². The van der Waals surface area contributed by atoms with E-state index >= 15 is 0 Å². The summed E-state index contributed by atoms with van der Waals surface area (Å²) in [6.07, 6.45) is 25.3. The Hall–Kier alpha value is -1.17. The van der Waals surface area contributed by atoms with Crippen LogP contribution >= 0.6 is 54.9 Å². The molecule has 439 valence electrons. The Balaban J connectivity index is 0.00000103. The molecule has 6 amide bonds. The Kier molecular flexibility index (Phi) is 37.3. The van der Waals surface area contributed by atoms with E-state index in [1.807, 2.05) is 6.92 Å². The molecule has 77 heavy (non-hydrogen) atoms. The van der Waals surface area contributed by atoms with Crippen LogP contribution in [0.4, 0.5) is 12.9 Å². The van der Waals surface area contributed by atoms with Gasteiger partial charge in [0.05, 0.1) is 33.3 Å². The molecule has 0 aromatic carbocycles. The number of halogens is 6. The van der Waals surface area contributed by atoms with Crippen LogP contribution in [0, 0.1) is 12.2 Å². The van der Waals surface area contributed by atoms with Gasteiger partial charge in [0.15, 0.2) is 0 Å². The predicted molar refractivity (Wildman–Crippen MR) is 318 cm³/mol. The summed E-state index contributed by atoms with van der Waals surface area (Å²) in [5.74, 6) is -0.680. The van der Waals surface area contributed by atoms with Gasteiger partial charge in [-0.1, -0.05) is 133 Å². The van der Waals surface area contributed by atoms with E-state index in [1.54, 1.807) is 9.80 Å². The summed E-state index contributed by atoms with van der Waals surface area (Å²) in [6.45, 7) is 34.8. The van der Waals surface area contributed by atoms with E-state index < -0.39 is 51.0 Å². The molecule has 0 spiro atoms. The van der Waals surface area contributed by atoms with E-state index in [2.05, 4.69) is 121 Å². The van der Waals surface area contributed by atoms with Gasteiger partial charge in [-0.05, 0) is 109 Å². The Morgan fingerprint density at radius 1 is 0.636 bits per heavy atom. The Labute approximate surface area is 489 Å². The Morgan fingerprint density at radius 3 is 1.35 bits per heavy atom. The number of imide groups is 3. The number of allylic oxidation sites excluding steroid dienone is 4.